The van der Waals surface area contributed by atoms with Crippen LogP contribution < -0.4 is 15.1 Å². The number of urea groups is 1. The lowest BCUT2D eigenvalue weighted by Crippen LogP contribution is -2.45. The number of nitrogens with one attached hydrogen (secondary N) is 1. The maximum absolute atomic E-state index is 13.3. The third-order valence-electron chi connectivity index (χ3n) is 5.06. The van der Waals surface area contributed by atoms with Gasteiger partial charge in [0, 0.05) is 35.8 Å². The van der Waals surface area contributed by atoms with Crippen molar-refractivity contribution in [1.82, 2.24) is 9.97 Å². The van der Waals surface area contributed by atoms with Crippen LogP contribution in [0.15, 0.2) is 48.7 Å². The molecule has 0 aliphatic carbocycles. The Morgan fingerprint density at radius 3 is 2.55 bits per heavy atom. The second-order valence-corrected chi connectivity index (χ2v) is 7.73. The number of benzene rings is 1. The number of halogens is 4. The molecule has 1 aromatic carbocycles. The summed E-state index contributed by atoms with van der Waals surface area (Å²) in [4.78, 5) is 37.1. The van der Waals surface area contributed by atoms with Crippen LogP contribution in [0.4, 0.5) is 35.2 Å². The maximum atomic E-state index is 13.3. The Hall–Kier alpha value is -3.66. The van der Waals surface area contributed by atoms with Crippen LogP contribution in [-0.4, -0.2) is 35.5 Å². The second-order valence-electron chi connectivity index (χ2n) is 7.37. The van der Waals surface area contributed by atoms with E-state index in [9.17, 15) is 22.8 Å². The molecule has 170 valence electrons. The summed E-state index contributed by atoms with van der Waals surface area (Å²) >= 11 is 6.44. The molecule has 2 aromatic heterocycles. The highest BCUT2D eigenvalue weighted by Crippen LogP contribution is 2.43. The summed E-state index contributed by atoms with van der Waals surface area (Å²) in [6.45, 7) is 1.29. The minimum atomic E-state index is -4.48. The number of nitrogens with zero attached hydrogens (tertiary/aromatic N) is 4. The Kier molecular flexibility index (Phi) is 5.71. The monoisotopic (exact) mass is 475 g/mol. The van der Waals surface area contributed by atoms with E-state index in [1.54, 1.807) is 25.1 Å². The SMILES string of the molecule is Cc1cc2c(c(Cl)n1)-c1cccnc1N(C)C(=O)N2CC(=O)Nc1ccc(C(F)(F)F)cc1. The van der Waals surface area contributed by atoms with Crippen molar-refractivity contribution in [1.29, 1.82) is 0 Å². The second kappa shape index (κ2) is 8.36. The van der Waals surface area contributed by atoms with Crippen molar-refractivity contribution in [2.24, 2.45) is 0 Å². The van der Waals surface area contributed by atoms with Crippen molar-refractivity contribution in [2.45, 2.75) is 13.1 Å². The predicted molar refractivity (Wildman–Crippen MR) is 118 cm³/mol. The number of aryl methyl sites for hydroxylation is 1. The van der Waals surface area contributed by atoms with Gasteiger partial charge in [-0.05, 0) is 49.4 Å². The van der Waals surface area contributed by atoms with Crippen LogP contribution in [0.5, 0.6) is 0 Å². The zero-order valence-corrected chi connectivity index (χ0v) is 18.2. The van der Waals surface area contributed by atoms with Gasteiger partial charge >= 0.3 is 12.2 Å². The molecule has 1 aliphatic heterocycles. The predicted octanol–water partition coefficient (Wildman–Crippen LogP) is 5.14. The first kappa shape index (κ1) is 22.5. The van der Waals surface area contributed by atoms with E-state index >= 15 is 0 Å². The third kappa shape index (κ3) is 4.34. The number of pyridine rings is 2. The molecule has 3 aromatic rings. The minimum Gasteiger partial charge on any atom is -0.325 e. The largest absolute Gasteiger partial charge is 0.416 e. The maximum Gasteiger partial charge on any atom is 0.416 e. The van der Waals surface area contributed by atoms with Crippen molar-refractivity contribution in [3.63, 3.8) is 0 Å². The first-order valence-corrected chi connectivity index (χ1v) is 10.1. The number of amides is 3. The minimum absolute atomic E-state index is 0.149. The smallest absolute Gasteiger partial charge is 0.325 e. The van der Waals surface area contributed by atoms with E-state index in [1.807, 2.05) is 0 Å². The van der Waals surface area contributed by atoms with Gasteiger partial charge in [-0.2, -0.15) is 13.2 Å². The Balaban J connectivity index is 1.68. The van der Waals surface area contributed by atoms with E-state index < -0.39 is 30.2 Å². The molecular formula is C22H17ClF3N5O2. The Morgan fingerprint density at radius 2 is 1.88 bits per heavy atom. The number of rotatable bonds is 3. The first-order valence-electron chi connectivity index (χ1n) is 9.71. The molecule has 3 heterocycles. The fourth-order valence-electron chi connectivity index (χ4n) is 3.55. The molecule has 0 bridgehead atoms. The molecule has 33 heavy (non-hydrogen) atoms. The van der Waals surface area contributed by atoms with E-state index in [0.29, 0.717) is 28.3 Å². The normalized spacial score (nSPS) is 13.3. The lowest BCUT2D eigenvalue weighted by molar-refractivity contribution is -0.137. The Bertz CT molecular complexity index is 1250. The molecule has 11 heteroatoms. The van der Waals surface area contributed by atoms with Crippen molar-refractivity contribution in [2.75, 3.05) is 28.7 Å². The molecule has 7 nitrogen and oxygen atoms in total. The van der Waals surface area contributed by atoms with E-state index in [1.165, 1.54) is 23.0 Å². The molecule has 0 radical (unpaired) electrons. The van der Waals surface area contributed by atoms with Crippen molar-refractivity contribution < 1.29 is 22.8 Å². The fourth-order valence-corrected chi connectivity index (χ4v) is 3.89. The van der Waals surface area contributed by atoms with Crippen LogP contribution >= 0.6 is 11.6 Å². The molecule has 1 aliphatic rings. The zero-order chi connectivity index (χ0) is 23.9. The van der Waals surface area contributed by atoms with E-state index in [2.05, 4.69) is 15.3 Å². The average Bonchev–Trinajstić information content (AvgIpc) is 2.83. The van der Waals surface area contributed by atoms with Gasteiger partial charge < -0.3 is 5.32 Å². The van der Waals surface area contributed by atoms with Crippen molar-refractivity contribution >= 4 is 40.7 Å². The molecule has 0 saturated heterocycles. The molecule has 0 atom stereocenters. The van der Waals surface area contributed by atoms with Crippen LogP contribution in [0.1, 0.15) is 11.3 Å². The summed E-state index contributed by atoms with van der Waals surface area (Å²) in [7, 11) is 1.52. The van der Waals surface area contributed by atoms with Gasteiger partial charge in [-0.25, -0.2) is 14.8 Å². The number of anilines is 3. The molecule has 1 N–H and O–H groups in total. The van der Waals surface area contributed by atoms with Gasteiger partial charge in [-0.3, -0.25) is 14.6 Å². The highest BCUT2D eigenvalue weighted by atomic mass is 35.5. The number of fused-ring (bicyclic) bond motifs is 3. The summed E-state index contributed by atoms with van der Waals surface area (Å²) in [5, 5.41) is 2.67. The molecule has 3 amide bonds. The highest BCUT2D eigenvalue weighted by Gasteiger charge is 2.34. The van der Waals surface area contributed by atoms with Crippen LogP contribution in [0.2, 0.25) is 5.15 Å². The van der Waals surface area contributed by atoms with Crippen LogP contribution in [-0.2, 0) is 11.0 Å². The summed E-state index contributed by atoms with van der Waals surface area (Å²) in [6, 6.07) is 8.59. The number of hydrogen-bond acceptors (Lipinski definition) is 4. The van der Waals surface area contributed by atoms with Gasteiger partial charge in [-0.15, -0.1) is 0 Å². The van der Waals surface area contributed by atoms with E-state index in [0.717, 1.165) is 24.3 Å². The summed E-state index contributed by atoms with van der Waals surface area (Å²) in [6.07, 6.45) is -2.95. The first-order chi connectivity index (χ1) is 15.6. The van der Waals surface area contributed by atoms with Crippen LogP contribution in [0, 0.1) is 6.92 Å². The van der Waals surface area contributed by atoms with Crippen LogP contribution in [0.3, 0.4) is 0 Å². The summed E-state index contributed by atoms with van der Waals surface area (Å²) < 4.78 is 38.3. The van der Waals surface area contributed by atoms with Gasteiger partial charge in [0.25, 0.3) is 0 Å². The van der Waals surface area contributed by atoms with Crippen molar-refractivity contribution in [3.8, 4) is 11.1 Å². The highest BCUT2D eigenvalue weighted by molar-refractivity contribution is 6.34. The van der Waals surface area contributed by atoms with Gasteiger partial charge in [0.05, 0.1) is 11.3 Å². The Morgan fingerprint density at radius 1 is 1.18 bits per heavy atom. The molecule has 0 fully saturated rings. The molecule has 4 rings (SSSR count). The quantitative estimate of drug-likeness (QED) is 0.532. The number of alkyl halides is 3. The number of carbonyl (C=O) groups is 2. The summed E-state index contributed by atoms with van der Waals surface area (Å²) in [5.41, 5.74) is 1.27. The fraction of sp³-hybridized carbons (Fsp3) is 0.182. The molecule has 0 unspecified atom stereocenters. The van der Waals surface area contributed by atoms with E-state index in [4.69, 9.17) is 11.6 Å². The van der Waals surface area contributed by atoms with Crippen molar-refractivity contribution in [3.05, 3.63) is 65.1 Å². The third-order valence-corrected chi connectivity index (χ3v) is 5.34. The van der Waals surface area contributed by atoms with Gasteiger partial charge in [0.15, 0.2) is 0 Å². The lowest BCUT2D eigenvalue weighted by Gasteiger charge is -2.25. The van der Waals surface area contributed by atoms with Gasteiger partial charge in [0.2, 0.25) is 5.91 Å². The van der Waals surface area contributed by atoms with E-state index in [-0.39, 0.29) is 10.8 Å². The Labute approximate surface area is 191 Å². The van der Waals surface area contributed by atoms with Crippen LogP contribution in [0.25, 0.3) is 11.1 Å². The van der Waals surface area contributed by atoms with Gasteiger partial charge in [-0.1, -0.05) is 11.6 Å². The summed E-state index contributed by atoms with van der Waals surface area (Å²) in [5.74, 6) is -0.256. The lowest BCUT2D eigenvalue weighted by atomic mass is 10.1. The number of carbonyl (C=O) groups excluding carboxylic acids is 2. The number of hydrogen-bond donors (Lipinski definition) is 1. The molecule has 0 spiro atoms. The average molecular weight is 476 g/mol. The standard InChI is InChI=1S/C22H17ClF3N5O2/c1-12-10-16-18(19(23)28-12)15-4-3-9-27-20(15)30(2)21(33)31(16)11-17(32)29-14-7-5-13(6-8-14)22(24,25)26/h3-10H,11H2,1-2H3,(H,29,32). The zero-order valence-electron chi connectivity index (χ0n) is 17.4. The molecule has 0 saturated carbocycles. The molecular weight excluding hydrogens is 459 g/mol. The topological polar surface area (TPSA) is 78.4 Å². The van der Waals surface area contributed by atoms with Gasteiger partial charge in [0.1, 0.15) is 17.5 Å². The number of aromatic nitrogens is 2.